The minimum absolute atomic E-state index is 0.201. The van der Waals surface area contributed by atoms with Crippen LogP contribution >= 0.6 is 11.6 Å². The summed E-state index contributed by atoms with van der Waals surface area (Å²) in [5, 5.41) is 5.48. The lowest BCUT2D eigenvalue weighted by Crippen LogP contribution is -2.45. The van der Waals surface area contributed by atoms with Gasteiger partial charge in [-0.3, -0.25) is 9.59 Å². The second-order valence-electron chi connectivity index (χ2n) is 5.04. The van der Waals surface area contributed by atoms with Crippen LogP contribution in [0.1, 0.15) is 18.2 Å². The number of benzene rings is 1. The number of rotatable bonds is 7. The van der Waals surface area contributed by atoms with Crippen molar-refractivity contribution in [1.82, 2.24) is 5.32 Å². The van der Waals surface area contributed by atoms with Crippen molar-refractivity contribution in [1.29, 1.82) is 0 Å². The van der Waals surface area contributed by atoms with Crippen LogP contribution < -0.4 is 10.6 Å². The number of halogens is 1. The van der Waals surface area contributed by atoms with Gasteiger partial charge in [0.15, 0.2) is 0 Å². The average molecular weight is 335 g/mol. The summed E-state index contributed by atoms with van der Waals surface area (Å²) in [5.41, 5.74) is 1.77. The number of carbonyl (C=O) groups excluding carboxylic acids is 2. The molecule has 0 saturated heterocycles. The van der Waals surface area contributed by atoms with Crippen LogP contribution in [0.25, 0.3) is 0 Å². The van der Waals surface area contributed by atoms with Crippen molar-refractivity contribution in [3.05, 3.63) is 54.0 Å². The minimum Gasteiger partial charge on any atom is -0.469 e. The lowest BCUT2D eigenvalue weighted by molar-refractivity contribution is -0.125. The third kappa shape index (κ3) is 4.86. The first-order valence-corrected chi connectivity index (χ1v) is 7.94. The maximum absolute atomic E-state index is 12.5. The van der Waals surface area contributed by atoms with Gasteiger partial charge in [0.25, 0.3) is 0 Å². The predicted octanol–water partition coefficient (Wildman–Crippen LogP) is 2.75. The normalized spacial score (nSPS) is 11.7. The molecule has 0 fully saturated rings. The lowest BCUT2D eigenvalue weighted by atomic mass is 10.1. The number of alkyl halides is 1. The molecule has 0 saturated carbocycles. The van der Waals surface area contributed by atoms with Gasteiger partial charge in [0.2, 0.25) is 11.8 Å². The van der Waals surface area contributed by atoms with Crippen molar-refractivity contribution in [2.24, 2.45) is 0 Å². The molecular formula is C17H19ClN2O3. The number of furan rings is 1. The summed E-state index contributed by atoms with van der Waals surface area (Å²) >= 11 is 5.52. The first-order valence-electron chi connectivity index (χ1n) is 7.40. The van der Waals surface area contributed by atoms with E-state index in [1.807, 2.05) is 31.2 Å². The highest BCUT2D eigenvalue weighted by molar-refractivity contribution is 6.27. The summed E-state index contributed by atoms with van der Waals surface area (Å²) in [6, 6.07) is 10.3. The van der Waals surface area contributed by atoms with Crippen molar-refractivity contribution < 1.29 is 14.0 Å². The van der Waals surface area contributed by atoms with Gasteiger partial charge in [-0.1, -0.05) is 25.1 Å². The second kappa shape index (κ2) is 8.39. The largest absolute Gasteiger partial charge is 0.469 e. The summed E-state index contributed by atoms with van der Waals surface area (Å²) in [4.78, 5) is 24.1. The number of hydrogen-bond acceptors (Lipinski definition) is 3. The van der Waals surface area contributed by atoms with Gasteiger partial charge in [-0.05, 0) is 30.2 Å². The third-order valence-corrected chi connectivity index (χ3v) is 3.66. The van der Waals surface area contributed by atoms with Gasteiger partial charge < -0.3 is 15.1 Å². The van der Waals surface area contributed by atoms with Gasteiger partial charge in [-0.15, -0.1) is 11.6 Å². The van der Waals surface area contributed by atoms with Crippen LogP contribution in [0.5, 0.6) is 0 Å². The summed E-state index contributed by atoms with van der Waals surface area (Å²) < 4.78 is 5.26. The van der Waals surface area contributed by atoms with Crippen LogP contribution in [-0.4, -0.2) is 23.7 Å². The van der Waals surface area contributed by atoms with Crippen molar-refractivity contribution >= 4 is 29.1 Å². The molecule has 0 aliphatic heterocycles. The molecule has 2 aromatic rings. The molecule has 2 rings (SSSR count). The smallest absolute Gasteiger partial charge is 0.247 e. The van der Waals surface area contributed by atoms with Crippen LogP contribution in [0.4, 0.5) is 5.69 Å². The zero-order valence-corrected chi connectivity index (χ0v) is 13.6. The number of anilines is 1. The Morgan fingerprint density at radius 2 is 2.00 bits per heavy atom. The number of hydrogen-bond donors (Lipinski definition) is 2. The molecule has 1 heterocycles. The van der Waals surface area contributed by atoms with Crippen molar-refractivity contribution in [3.8, 4) is 0 Å². The molecule has 23 heavy (non-hydrogen) atoms. The monoisotopic (exact) mass is 334 g/mol. The Balaban J connectivity index is 2.13. The van der Waals surface area contributed by atoms with Gasteiger partial charge in [-0.2, -0.15) is 0 Å². The zero-order valence-electron chi connectivity index (χ0n) is 12.8. The number of carbonyl (C=O) groups is 2. The molecule has 0 aliphatic rings. The van der Waals surface area contributed by atoms with E-state index in [0.29, 0.717) is 5.76 Å². The van der Waals surface area contributed by atoms with Crippen LogP contribution in [0.15, 0.2) is 47.1 Å². The van der Waals surface area contributed by atoms with Gasteiger partial charge in [0, 0.05) is 12.1 Å². The number of para-hydroxylation sites is 1. The molecule has 0 spiro atoms. The van der Waals surface area contributed by atoms with E-state index in [4.69, 9.17) is 16.0 Å². The Morgan fingerprint density at radius 1 is 1.22 bits per heavy atom. The summed E-state index contributed by atoms with van der Waals surface area (Å²) in [6.45, 7) is 2.01. The minimum atomic E-state index is -0.752. The first kappa shape index (κ1) is 17.1. The SMILES string of the molecule is CCc1ccccc1NC(=O)C(Cc1ccco1)NC(=O)CCl. The molecule has 1 aromatic heterocycles. The highest BCUT2D eigenvalue weighted by atomic mass is 35.5. The van der Waals surface area contributed by atoms with E-state index in [1.54, 1.807) is 12.1 Å². The van der Waals surface area contributed by atoms with Crippen LogP contribution in [-0.2, 0) is 22.4 Å². The van der Waals surface area contributed by atoms with E-state index in [2.05, 4.69) is 10.6 Å². The van der Waals surface area contributed by atoms with Crippen LogP contribution in [0.3, 0.4) is 0 Å². The Kier molecular flexibility index (Phi) is 6.23. The maximum atomic E-state index is 12.5. The third-order valence-electron chi connectivity index (χ3n) is 3.41. The predicted molar refractivity (Wildman–Crippen MR) is 89.5 cm³/mol. The Hall–Kier alpha value is -2.27. The number of aryl methyl sites for hydroxylation is 1. The van der Waals surface area contributed by atoms with E-state index in [1.165, 1.54) is 6.26 Å². The molecule has 5 nitrogen and oxygen atoms in total. The van der Waals surface area contributed by atoms with Crippen molar-refractivity contribution in [2.45, 2.75) is 25.8 Å². The molecule has 2 amide bonds. The molecule has 2 N–H and O–H groups in total. The van der Waals surface area contributed by atoms with E-state index < -0.39 is 11.9 Å². The van der Waals surface area contributed by atoms with Crippen molar-refractivity contribution in [2.75, 3.05) is 11.2 Å². The molecule has 6 heteroatoms. The molecule has 0 aliphatic carbocycles. The molecular weight excluding hydrogens is 316 g/mol. The van der Waals surface area contributed by atoms with Gasteiger partial charge in [0.1, 0.15) is 17.7 Å². The first-order chi connectivity index (χ1) is 11.1. The number of nitrogens with one attached hydrogen (secondary N) is 2. The zero-order chi connectivity index (χ0) is 16.7. The molecule has 1 atom stereocenters. The van der Waals surface area contributed by atoms with Gasteiger partial charge >= 0.3 is 0 Å². The summed E-state index contributed by atoms with van der Waals surface area (Å²) in [6.07, 6.45) is 2.59. The van der Waals surface area contributed by atoms with E-state index in [0.717, 1.165) is 17.7 Å². The van der Waals surface area contributed by atoms with E-state index in [9.17, 15) is 9.59 Å². The number of amides is 2. The van der Waals surface area contributed by atoms with E-state index >= 15 is 0 Å². The van der Waals surface area contributed by atoms with E-state index in [-0.39, 0.29) is 18.2 Å². The Bertz CT molecular complexity index is 656. The maximum Gasteiger partial charge on any atom is 0.247 e. The van der Waals surface area contributed by atoms with Crippen molar-refractivity contribution in [3.63, 3.8) is 0 Å². The van der Waals surface area contributed by atoms with Crippen LogP contribution in [0, 0.1) is 0 Å². The molecule has 1 unspecified atom stereocenters. The molecule has 1 aromatic carbocycles. The lowest BCUT2D eigenvalue weighted by Gasteiger charge is -2.18. The molecule has 122 valence electrons. The Morgan fingerprint density at radius 3 is 2.65 bits per heavy atom. The highest BCUT2D eigenvalue weighted by Crippen LogP contribution is 2.16. The topological polar surface area (TPSA) is 71.3 Å². The fourth-order valence-corrected chi connectivity index (χ4v) is 2.32. The second-order valence-corrected chi connectivity index (χ2v) is 5.30. The van der Waals surface area contributed by atoms with Crippen LogP contribution in [0.2, 0.25) is 0 Å². The quantitative estimate of drug-likeness (QED) is 0.765. The Labute approximate surface area is 140 Å². The summed E-state index contributed by atoms with van der Waals surface area (Å²) in [7, 11) is 0. The standard InChI is InChI=1S/C17H19ClN2O3/c1-2-12-6-3-4-8-14(12)20-17(22)15(19-16(21)11-18)10-13-7-5-9-23-13/h3-9,15H,2,10-11H2,1H3,(H,19,21)(H,20,22). The average Bonchev–Trinajstić information content (AvgIpc) is 3.07. The fourth-order valence-electron chi connectivity index (χ4n) is 2.24. The summed E-state index contributed by atoms with van der Waals surface area (Å²) in [5.74, 6) is -0.292. The fraction of sp³-hybridized carbons (Fsp3) is 0.294. The van der Waals surface area contributed by atoms with Gasteiger partial charge in [0.05, 0.1) is 6.26 Å². The molecule has 0 radical (unpaired) electrons. The molecule has 0 bridgehead atoms. The van der Waals surface area contributed by atoms with Gasteiger partial charge in [-0.25, -0.2) is 0 Å². The highest BCUT2D eigenvalue weighted by Gasteiger charge is 2.22.